The maximum Gasteiger partial charge on any atom is 0.211 e. The Morgan fingerprint density at radius 2 is 1.88 bits per heavy atom. The minimum absolute atomic E-state index is 0. The molecule has 0 aliphatic heterocycles. The molecule has 1 aromatic carbocycles. The first-order chi connectivity index (χ1) is 11.0. The molecule has 0 heterocycles. The largest absolute Gasteiger partial charge is 0.357 e. The molecule has 1 aromatic rings. The Labute approximate surface area is 163 Å². The van der Waals surface area contributed by atoms with Gasteiger partial charge in [0.25, 0.3) is 0 Å². The molecule has 0 saturated carbocycles. The Bertz CT molecular complexity index is 579. The van der Waals surface area contributed by atoms with E-state index >= 15 is 0 Å². The number of nitrogens with zero attached hydrogens (tertiary/aromatic N) is 2. The second-order valence-electron chi connectivity index (χ2n) is 5.23. The number of hydrogen-bond acceptors (Lipinski definition) is 3. The fourth-order valence-electron chi connectivity index (χ4n) is 2.00. The van der Waals surface area contributed by atoms with Crippen LogP contribution in [0.4, 0.5) is 0 Å². The van der Waals surface area contributed by atoms with Gasteiger partial charge in [-0.2, -0.15) is 0 Å². The summed E-state index contributed by atoms with van der Waals surface area (Å²) in [4.78, 5) is 6.62. The van der Waals surface area contributed by atoms with Gasteiger partial charge >= 0.3 is 0 Å². The molecule has 0 saturated heterocycles. The Morgan fingerprint density at radius 3 is 2.46 bits per heavy atom. The molecule has 6 nitrogen and oxygen atoms in total. The van der Waals surface area contributed by atoms with E-state index in [1.807, 2.05) is 32.2 Å². The van der Waals surface area contributed by atoms with Gasteiger partial charge in [0.2, 0.25) is 10.0 Å². The molecule has 2 N–H and O–H groups in total. The lowest BCUT2D eigenvalue weighted by atomic mass is 10.2. The highest BCUT2D eigenvalue weighted by Crippen LogP contribution is 2.03. The second kappa shape index (κ2) is 12.5. The van der Waals surface area contributed by atoms with Crippen LogP contribution in [0.5, 0.6) is 0 Å². The molecule has 0 aliphatic carbocycles. The van der Waals surface area contributed by atoms with Crippen LogP contribution in [0.1, 0.15) is 25.8 Å². The van der Waals surface area contributed by atoms with Gasteiger partial charge in [-0.05, 0) is 25.8 Å². The van der Waals surface area contributed by atoms with E-state index in [0.717, 1.165) is 19.0 Å². The number of sulfonamides is 1. The highest BCUT2D eigenvalue weighted by atomic mass is 127. The average Bonchev–Trinajstić information content (AvgIpc) is 2.54. The van der Waals surface area contributed by atoms with Crippen LogP contribution >= 0.6 is 24.0 Å². The Hall–Kier alpha value is -0.870. The van der Waals surface area contributed by atoms with Crippen molar-refractivity contribution in [3.63, 3.8) is 0 Å². The molecule has 0 unspecified atom stereocenters. The van der Waals surface area contributed by atoms with Crippen molar-refractivity contribution >= 4 is 40.0 Å². The van der Waals surface area contributed by atoms with Crippen LogP contribution in [0.15, 0.2) is 35.3 Å². The first-order valence-corrected chi connectivity index (χ1v) is 9.64. The smallest absolute Gasteiger partial charge is 0.211 e. The first-order valence-electron chi connectivity index (χ1n) is 7.99. The van der Waals surface area contributed by atoms with Crippen LogP contribution in [0.2, 0.25) is 0 Å². The third-order valence-corrected chi connectivity index (χ3v) is 4.66. The van der Waals surface area contributed by atoms with Crippen molar-refractivity contribution in [2.75, 3.05) is 32.4 Å². The fourth-order valence-corrected chi connectivity index (χ4v) is 2.66. The van der Waals surface area contributed by atoms with E-state index in [1.165, 1.54) is 5.56 Å². The van der Waals surface area contributed by atoms with Gasteiger partial charge in [-0.1, -0.05) is 30.3 Å². The van der Waals surface area contributed by atoms with Crippen molar-refractivity contribution in [3.05, 3.63) is 35.9 Å². The highest BCUT2D eigenvalue weighted by molar-refractivity contribution is 14.0. The SMILES string of the molecule is CCNC(=NCCCNS(=O)(=O)CC)N(C)Cc1ccccc1.I. The minimum atomic E-state index is -3.11. The van der Waals surface area contributed by atoms with E-state index in [2.05, 4.69) is 32.1 Å². The molecule has 138 valence electrons. The van der Waals surface area contributed by atoms with Crippen molar-refractivity contribution in [2.24, 2.45) is 4.99 Å². The van der Waals surface area contributed by atoms with E-state index < -0.39 is 10.0 Å². The maximum absolute atomic E-state index is 11.3. The molecule has 0 bridgehead atoms. The van der Waals surface area contributed by atoms with Crippen LogP contribution in [-0.4, -0.2) is 51.7 Å². The molecule has 0 spiro atoms. The zero-order valence-corrected chi connectivity index (χ0v) is 17.8. The van der Waals surface area contributed by atoms with Crippen LogP contribution in [0.3, 0.4) is 0 Å². The summed E-state index contributed by atoms with van der Waals surface area (Å²) in [6.45, 7) is 6.22. The molecule has 8 heteroatoms. The van der Waals surface area contributed by atoms with E-state index in [9.17, 15) is 8.42 Å². The Balaban J connectivity index is 0.00000529. The number of benzene rings is 1. The summed E-state index contributed by atoms with van der Waals surface area (Å²) < 4.78 is 25.2. The number of rotatable bonds is 9. The number of halogens is 1. The van der Waals surface area contributed by atoms with Gasteiger partial charge < -0.3 is 10.2 Å². The molecule has 1 rings (SSSR count). The number of nitrogens with one attached hydrogen (secondary N) is 2. The Kier molecular flexibility index (Phi) is 12.0. The number of guanidine groups is 1. The van der Waals surface area contributed by atoms with Crippen LogP contribution in [0, 0.1) is 0 Å². The molecule has 0 aliphatic rings. The highest BCUT2D eigenvalue weighted by Gasteiger charge is 2.07. The monoisotopic (exact) mass is 468 g/mol. The maximum atomic E-state index is 11.3. The number of aliphatic imine (C=N–C) groups is 1. The van der Waals surface area contributed by atoms with Gasteiger partial charge in [0, 0.05) is 33.2 Å². The summed E-state index contributed by atoms with van der Waals surface area (Å²) in [5.74, 6) is 0.938. The van der Waals surface area contributed by atoms with Crippen LogP contribution in [0.25, 0.3) is 0 Å². The van der Waals surface area contributed by atoms with Gasteiger partial charge in [0.1, 0.15) is 0 Å². The van der Waals surface area contributed by atoms with Crippen molar-refractivity contribution < 1.29 is 8.42 Å². The quantitative estimate of drug-likeness (QED) is 0.252. The van der Waals surface area contributed by atoms with Gasteiger partial charge in [-0.15, -0.1) is 24.0 Å². The standard InChI is InChI=1S/C16H28N4O2S.HI/c1-4-17-16(18-12-9-13-19-23(21,22)5-2)20(3)14-15-10-7-6-8-11-15;/h6-8,10-11,19H,4-5,9,12-14H2,1-3H3,(H,17,18);1H. The van der Waals surface area contributed by atoms with Crippen LogP contribution < -0.4 is 10.0 Å². The molecule has 24 heavy (non-hydrogen) atoms. The van der Waals surface area contributed by atoms with Crippen molar-refractivity contribution in [2.45, 2.75) is 26.8 Å². The van der Waals surface area contributed by atoms with Crippen molar-refractivity contribution in [3.8, 4) is 0 Å². The topological polar surface area (TPSA) is 73.8 Å². The lowest BCUT2D eigenvalue weighted by Gasteiger charge is -2.22. The molecule has 0 aromatic heterocycles. The molecule has 0 radical (unpaired) electrons. The third kappa shape index (κ3) is 9.43. The molecule has 0 atom stereocenters. The molecule has 0 amide bonds. The van der Waals surface area contributed by atoms with Gasteiger partial charge in [0.15, 0.2) is 5.96 Å². The van der Waals surface area contributed by atoms with Gasteiger partial charge in [0.05, 0.1) is 5.75 Å². The van der Waals surface area contributed by atoms with Crippen molar-refractivity contribution in [1.82, 2.24) is 14.9 Å². The fraction of sp³-hybridized carbons (Fsp3) is 0.562. The lowest BCUT2D eigenvalue weighted by Crippen LogP contribution is -2.38. The second-order valence-corrected chi connectivity index (χ2v) is 7.32. The lowest BCUT2D eigenvalue weighted by molar-refractivity contribution is 0.476. The summed E-state index contributed by atoms with van der Waals surface area (Å²) in [5, 5.41) is 3.26. The van der Waals surface area contributed by atoms with Gasteiger partial charge in [-0.25, -0.2) is 13.1 Å². The predicted molar refractivity (Wildman–Crippen MR) is 111 cm³/mol. The molecular formula is C16H29IN4O2S. The van der Waals surface area contributed by atoms with Crippen LogP contribution in [-0.2, 0) is 16.6 Å². The zero-order chi connectivity index (χ0) is 17.1. The molecule has 0 fully saturated rings. The van der Waals surface area contributed by atoms with E-state index in [-0.39, 0.29) is 29.7 Å². The van der Waals surface area contributed by atoms with E-state index in [1.54, 1.807) is 6.92 Å². The summed E-state index contributed by atoms with van der Waals surface area (Å²) >= 11 is 0. The summed E-state index contributed by atoms with van der Waals surface area (Å²) in [5.41, 5.74) is 1.22. The third-order valence-electron chi connectivity index (χ3n) is 3.26. The molecular weight excluding hydrogens is 439 g/mol. The summed E-state index contributed by atoms with van der Waals surface area (Å²) in [6, 6.07) is 10.2. The minimum Gasteiger partial charge on any atom is -0.357 e. The first kappa shape index (κ1) is 23.1. The Morgan fingerprint density at radius 1 is 1.21 bits per heavy atom. The van der Waals surface area contributed by atoms with Crippen molar-refractivity contribution in [1.29, 1.82) is 0 Å². The average molecular weight is 468 g/mol. The number of hydrogen-bond donors (Lipinski definition) is 2. The zero-order valence-electron chi connectivity index (χ0n) is 14.7. The predicted octanol–water partition coefficient (Wildman–Crippen LogP) is 2.03. The van der Waals surface area contributed by atoms with E-state index in [0.29, 0.717) is 19.5 Å². The normalized spacial score (nSPS) is 11.7. The van der Waals surface area contributed by atoms with Gasteiger partial charge in [-0.3, -0.25) is 4.99 Å². The summed E-state index contributed by atoms with van der Waals surface area (Å²) in [7, 11) is -1.12. The van der Waals surface area contributed by atoms with E-state index in [4.69, 9.17) is 0 Å². The summed E-state index contributed by atoms with van der Waals surface area (Å²) in [6.07, 6.45) is 0.674.